The van der Waals surface area contributed by atoms with Gasteiger partial charge < -0.3 is 14.3 Å². The normalized spacial score (nSPS) is 15.4. The van der Waals surface area contributed by atoms with Crippen molar-refractivity contribution in [3.63, 3.8) is 0 Å². The number of nitrogens with zero attached hydrogens (tertiary/aromatic N) is 1. The summed E-state index contributed by atoms with van der Waals surface area (Å²) in [5.41, 5.74) is -0.748. The van der Waals surface area contributed by atoms with Gasteiger partial charge in [0.1, 0.15) is 5.60 Å². The topological polar surface area (TPSA) is 99.2 Å². The number of hydrogen-bond donors (Lipinski definition) is 0. The Hall–Kier alpha value is -2.12. The van der Waals surface area contributed by atoms with Gasteiger partial charge in [0.25, 0.3) is 11.8 Å². The molecule has 1 heterocycles. The molecule has 8 nitrogen and oxygen atoms in total. The van der Waals surface area contributed by atoms with Crippen LogP contribution in [-0.4, -0.2) is 41.2 Å². The van der Waals surface area contributed by atoms with Crippen molar-refractivity contribution in [3.05, 3.63) is 0 Å². The van der Waals surface area contributed by atoms with Crippen LogP contribution in [0.15, 0.2) is 0 Å². The van der Waals surface area contributed by atoms with E-state index in [1.807, 2.05) is 0 Å². The van der Waals surface area contributed by atoms with Gasteiger partial charge >= 0.3 is 12.1 Å². The van der Waals surface area contributed by atoms with Gasteiger partial charge in [0.15, 0.2) is 6.61 Å². The maximum Gasteiger partial charge on any atom is 0.509 e. The first-order valence-electron chi connectivity index (χ1n) is 5.61. The number of carbonyl (C=O) groups excluding carboxylic acids is 4. The molecule has 0 aromatic rings. The van der Waals surface area contributed by atoms with Gasteiger partial charge in [-0.05, 0) is 20.8 Å². The van der Waals surface area contributed by atoms with E-state index in [4.69, 9.17) is 4.74 Å². The second-order valence-corrected chi connectivity index (χ2v) is 4.80. The molecule has 0 bridgehead atoms. The fourth-order valence-corrected chi connectivity index (χ4v) is 1.18. The SMILES string of the molecule is CC(C)(C)OC(=O)OCC(=O)ON1C(=O)CCC1=O. The van der Waals surface area contributed by atoms with E-state index in [2.05, 4.69) is 9.57 Å². The Morgan fingerprint density at radius 1 is 1.16 bits per heavy atom. The molecule has 1 aliphatic heterocycles. The quantitative estimate of drug-likeness (QED) is 0.546. The highest BCUT2D eigenvalue weighted by molar-refractivity contribution is 6.01. The van der Waals surface area contributed by atoms with Gasteiger partial charge in [0.2, 0.25) is 0 Å². The molecule has 0 aromatic heterocycles. The molecule has 8 heteroatoms. The molecule has 1 fully saturated rings. The van der Waals surface area contributed by atoms with E-state index < -0.39 is 36.1 Å². The summed E-state index contributed by atoms with van der Waals surface area (Å²) >= 11 is 0. The lowest BCUT2D eigenvalue weighted by molar-refractivity contribution is -0.199. The van der Waals surface area contributed by atoms with Crippen molar-refractivity contribution in [1.82, 2.24) is 5.06 Å². The van der Waals surface area contributed by atoms with Crippen LogP contribution in [0.3, 0.4) is 0 Å². The summed E-state index contributed by atoms with van der Waals surface area (Å²) in [6, 6.07) is 0. The Bertz CT molecular complexity index is 394. The van der Waals surface area contributed by atoms with Crippen LogP contribution >= 0.6 is 0 Å². The van der Waals surface area contributed by atoms with E-state index in [9.17, 15) is 19.2 Å². The molecule has 0 unspecified atom stereocenters. The minimum atomic E-state index is -1.04. The second-order valence-electron chi connectivity index (χ2n) is 4.80. The molecule has 0 atom stereocenters. The molecule has 0 radical (unpaired) electrons. The summed E-state index contributed by atoms with van der Waals surface area (Å²) in [5.74, 6) is -2.24. The average molecular weight is 273 g/mol. The molecule has 106 valence electrons. The molecule has 0 N–H and O–H groups in total. The molecule has 1 saturated heterocycles. The molecular weight excluding hydrogens is 258 g/mol. The molecule has 0 saturated carbocycles. The van der Waals surface area contributed by atoms with Crippen LogP contribution in [0.25, 0.3) is 0 Å². The number of amides is 2. The third kappa shape index (κ3) is 4.94. The van der Waals surface area contributed by atoms with Gasteiger partial charge in [-0.3, -0.25) is 9.59 Å². The summed E-state index contributed by atoms with van der Waals surface area (Å²) in [5, 5.41) is 0.376. The Kier molecular flexibility index (Phi) is 4.47. The van der Waals surface area contributed by atoms with Crippen LogP contribution in [-0.2, 0) is 28.7 Å². The molecule has 0 aliphatic carbocycles. The van der Waals surface area contributed by atoms with Gasteiger partial charge in [0.05, 0.1) is 0 Å². The summed E-state index contributed by atoms with van der Waals surface area (Å²) in [6.45, 7) is 4.16. The van der Waals surface area contributed by atoms with Gasteiger partial charge in [-0.25, -0.2) is 9.59 Å². The Labute approximate surface area is 109 Å². The van der Waals surface area contributed by atoms with E-state index in [1.54, 1.807) is 20.8 Å². The van der Waals surface area contributed by atoms with Crippen LogP contribution in [0, 0.1) is 0 Å². The first-order valence-corrected chi connectivity index (χ1v) is 5.61. The van der Waals surface area contributed by atoms with Crippen molar-refractivity contribution in [1.29, 1.82) is 0 Å². The van der Waals surface area contributed by atoms with Crippen LogP contribution in [0.1, 0.15) is 33.6 Å². The number of hydrogen-bond acceptors (Lipinski definition) is 7. The first kappa shape index (κ1) is 14.9. The molecule has 1 aliphatic rings. The van der Waals surface area contributed by atoms with Crippen LogP contribution in [0.5, 0.6) is 0 Å². The molecule has 0 aromatic carbocycles. The summed E-state index contributed by atoms with van der Waals surface area (Å²) in [4.78, 5) is 49.2. The molecular formula is C11H15NO7. The van der Waals surface area contributed by atoms with Crippen molar-refractivity contribution in [3.8, 4) is 0 Å². The molecule has 1 rings (SSSR count). The highest BCUT2D eigenvalue weighted by Crippen LogP contribution is 2.12. The summed E-state index contributed by atoms with van der Waals surface area (Å²) in [7, 11) is 0. The predicted octanol–water partition coefficient (Wildman–Crippen LogP) is 0.545. The lowest BCUT2D eigenvalue weighted by atomic mass is 10.2. The standard InChI is InChI=1S/C11H15NO7/c1-11(2,3)18-10(16)17-6-9(15)19-12-7(13)4-5-8(12)14/h4-6H2,1-3H3. The minimum Gasteiger partial charge on any atom is -0.429 e. The van der Waals surface area contributed by atoms with E-state index in [1.165, 1.54) is 0 Å². The number of carbonyl (C=O) groups is 4. The lowest BCUT2D eigenvalue weighted by Gasteiger charge is -2.18. The van der Waals surface area contributed by atoms with E-state index in [-0.39, 0.29) is 12.8 Å². The van der Waals surface area contributed by atoms with Crippen molar-refractivity contribution in [2.75, 3.05) is 6.61 Å². The van der Waals surface area contributed by atoms with Crippen molar-refractivity contribution < 1.29 is 33.5 Å². The maximum absolute atomic E-state index is 11.3. The average Bonchev–Trinajstić information content (AvgIpc) is 2.56. The van der Waals surface area contributed by atoms with Gasteiger partial charge in [0, 0.05) is 12.8 Å². The number of hydroxylamine groups is 2. The van der Waals surface area contributed by atoms with E-state index in [0.717, 1.165) is 0 Å². The lowest BCUT2D eigenvalue weighted by Crippen LogP contribution is -2.34. The third-order valence-corrected chi connectivity index (χ3v) is 1.90. The van der Waals surface area contributed by atoms with Gasteiger partial charge in [-0.1, -0.05) is 0 Å². The maximum atomic E-state index is 11.3. The summed E-state index contributed by atoms with van der Waals surface area (Å²) < 4.78 is 9.26. The highest BCUT2D eigenvalue weighted by atomic mass is 16.8. The van der Waals surface area contributed by atoms with Gasteiger partial charge in [-0.15, -0.1) is 5.06 Å². The molecule has 2 amide bonds. The zero-order valence-electron chi connectivity index (χ0n) is 10.9. The molecule has 19 heavy (non-hydrogen) atoms. The number of imide groups is 1. The van der Waals surface area contributed by atoms with Crippen LogP contribution in [0.2, 0.25) is 0 Å². The second kappa shape index (κ2) is 5.68. The van der Waals surface area contributed by atoms with Crippen molar-refractivity contribution in [2.24, 2.45) is 0 Å². The third-order valence-electron chi connectivity index (χ3n) is 1.90. The van der Waals surface area contributed by atoms with E-state index >= 15 is 0 Å². The zero-order valence-corrected chi connectivity index (χ0v) is 10.9. The fraction of sp³-hybridized carbons (Fsp3) is 0.636. The Morgan fingerprint density at radius 2 is 1.68 bits per heavy atom. The molecule has 0 spiro atoms. The van der Waals surface area contributed by atoms with Crippen LogP contribution in [0.4, 0.5) is 4.79 Å². The van der Waals surface area contributed by atoms with Crippen molar-refractivity contribution >= 4 is 23.9 Å². The number of ether oxygens (including phenoxy) is 2. The monoisotopic (exact) mass is 273 g/mol. The van der Waals surface area contributed by atoms with Crippen LogP contribution < -0.4 is 0 Å². The predicted molar refractivity (Wildman–Crippen MR) is 59.4 cm³/mol. The van der Waals surface area contributed by atoms with Crippen molar-refractivity contribution in [2.45, 2.75) is 39.2 Å². The van der Waals surface area contributed by atoms with E-state index in [0.29, 0.717) is 5.06 Å². The highest BCUT2D eigenvalue weighted by Gasteiger charge is 2.33. The Balaban J connectivity index is 2.34. The largest absolute Gasteiger partial charge is 0.509 e. The summed E-state index contributed by atoms with van der Waals surface area (Å²) in [6.07, 6.45) is -1.04. The number of rotatable bonds is 3. The Morgan fingerprint density at radius 3 is 2.16 bits per heavy atom. The zero-order chi connectivity index (χ0) is 14.6. The smallest absolute Gasteiger partial charge is 0.429 e. The first-order chi connectivity index (χ1) is 8.69. The minimum absolute atomic E-state index is 0.000956. The fourth-order valence-electron chi connectivity index (χ4n) is 1.18. The van der Waals surface area contributed by atoms with Gasteiger partial charge in [-0.2, -0.15) is 0 Å².